The van der Waals surface area contributed by atoms with Crippen LogP contribution in [0, 0.1) is 0 Å². The molecule has 0 spiro atoms. The normalized spacial score (nSPS) is 15.2. The molecule has 0 aliphatic carbocycles. The summed E-state index contributed by atoms with van der Waals surface area (Å²) in [7, 11) is 0. The van der Waals surface area contributed by atoms with E-state index in [2.05, 4.69) is 10.5 Å². The Morgan fingerprint density at radius 3 is 2.60 bits per heavy atom. The van der Waals surface area contributed by atoms with Crippen molar-refractivity contribution in [3.8, 4) is 11.5 Å². The minimum atomic E-state index is -0.0372. The number of ether oxygens (including phenoxy) is 1. The molecule has 1 saturated heterocycles. The van der Waals surface area contributed by atoms with Crippen molar-refractivity contribution in [3.63, 3.8) is 0 Å². The molecule has 0 radical (unpaired) electrons. The monoisotopic (exact) mass is 338 g/mol. The lowest BCUT2D eigenvalue weighted by atomic mass is 10.1. The van der Waals surface area contributed by atoms with Crippen LogP contribution in [0.25, 0.3) is 0 Å². The lowest BCUT2D eigenvalue weighted by molar-refractivity contribution is -0.896. The zero-order valence-corrected chi connectivity index (χ0v) is 14.3. The number of nitrogens with zero attached hydrogens (tertiary/aromatic N) is 1. The summed E-state index contributed by atoms with van der Waals surface area (Å²) in [6.45, 7) is 2.65. The Hall–Kier alpha value is -2.66. The number of hydrazone groups is 1. The number of quaternary nitrogens is 1. The van der Waals surface area contributed by atoms with Gasteiger partial charge in [0, 0.05) is 0 Å². The fourth-order valence-corrected chi connectivity index (χ4v) is 2.96. The highest BCUT2D eigenvalue weighted by molar-refractivity contribution is 5.83. The van der Waals surface area contributed by atoms with E-state index in [9.17, 15) is 4.79 Å². The molecule has 1 heterocycles. The average molecular weight is 338 g/mol. The van der Waals surface area contributed by atoms with Gasteiger partial charge in [-0.05, 0) is 49.1 Å². The maximum atomic E-state index is 11.9. The Bertz CT molecular complexity index is 710. The Balaban J connectivity index is 1.51. The van der Waals surface area contributed by atoms with Crippen molar-refractivity contribution in [2.45, 2.75) is 19.3 Å². The number of amides is 1. The molecule has 1 aliphatic heterocycles. The van der Waals surface area contributed by atoms with Crippen LogP contribution in [0.3, 0.4) is 0 Å². The second-order valence-corrected chi connectivity index (χ2v) is 6.27. The van der Waals surface area contributed by atoms with Crippen molar-refractivity contribution in [2.24, 2.45) is 5.10 Å². The molecule has 2 N–H and O–H groups in total. The van der Waals surface area contributed by atoms with Crippen molar-refractivity contribution in [3.05, 3.63) is 60.2 Å². The number of rotatable bonds is 6. The summed E-state index contributed by atoms with van der Waals surface area (Å²) in [6.07, 6.45) is 5.34. The molecule has 130 valence electrons. The number of para-hydroxylation sites is 1. The second-order valence-electron chi connectivity index (χ2n) is 6.27. The number of carbonyl (C=O) groups excluding carboxylic acids is 1. The zero-order valence-electron chi connectivity index (χ0n) is 14.3. The molecule has 2 aromatic rings. The van der Waals surface area contributed by atoms with Crippen molar-refractivity contribution >= 4 is 12.1 Å². The molecule has 0 unspecified atom stereocenters. The van der Waals surface area contributed by atoms with E-state index in [1.807, 2.05) is 54.6 Å². The summed E-state index contributed by atoms with van der Waals surface area (Å²) in [6, 6.07) is 17.2. The van der Waals surface area contributed by atoms with Crippen molar-refractivity contribution < 1.29 is 14.4 Å². The van der Waals surface area contributed by atoms with Gasteiger partial charge in [-0.15, -0.1) is 0 Å². The first-order chi connectivity index (χ1) is 12.3. The SMILES string of the molecule is O=C(C[NH+]1CCCCC1)NN=Cc1cccc(Oc2ccccc2)c1. The van der Waals surface area contributed by atoms with Gasteiger partial charge >= 0.3 is 0 Å². The zero-order chi connectivity index (χ0) is 17.3. The molecule has 0 atom stereocenters. The molecular weight excluding hydrogens is 314 g/mol. The van der Waals surface area contributed by atoms with Gasteiger partial charge in [0.2, 0.25) is 0 Å². The van der Waals surface area contributed by atoms with Crippen LogP contribution in [0.1, 0.15) is 24.8 Å². The Labute approximate surface area is 148 Å². The summed E-state index contributed by atoms with van der Waals surface area (Å²) in [5, 5.41) is 4.06. The number of benzene rings is 2. The van der Waals surface area contributed by atoms with Crippen LogP contribution < -0.4 is 15.1 Å². The van der Waals surface area contributed by atoms with E-state index >= 15 is 0 Å². The van der Waals surface area contributed by atoms with Gasteiger partial charge in [-0.2, -0.15) is 5.10 Å². The maximum absolute atomic E-state index is 11.9. The first kappa shape index (κ1) is 17.2. The quantitative estimate of drug-likeness (QED) is 0.625. The van der Waals surface area contributed by atoms with Crippen LogP contribution in [-0.4, -0.2) is 31.8 Å². The van der Waals surface area contributed by atoms with Crippen LogP contribution in [0.5, 0.6) is 11.5 Å². The highest BCUT2D eigenvalue weighted by Gasteiger charge is 2.16. The van der Waals surface area contributed by atoms with E-state index < -0.39 is 0 Å². The average Bonchev–Trinajstić information content (AvgIpc) is 2.64. The number of nitrogens with one attached hydrogen (secondary N) is 2. The fraction of sp³-hybridized carbons (Fsp3) is 0.300. The summed E-state index contributed by atoms with van der Waals surface area (Å²) >= 11 is 0. The first-order valence-corrected chi connectivity index (χ1v) is 8.78. The number of likely N-dealkylation sites (tertiary alicyclic amines) is 1. The van der Waals surface area contributed by atoms with Gasteiger partial charge in [-0.3, -0.25) is 4.79 Å². The predicted octanol–water partition coefficient (Wildman–Crippen LogP) is 2.00. The third kappa shape index (κ3) is 5.72. The fourth-order valence-electron chi connectivity index (χ4n) is 2.96. The predicted molar refractivity (Wildman–Crippen MR) is 98.1 cm³/mol. The molecule has 2 aromatic carbocycles. The summed E-state index contributed by atoms with van der Waals surface area (Å²) in [4.78, 5) is 13.3. The van der Waals surface area contributed by atoms with Crippen LogP contribution in [-0.2, 0) is 4.79 Å². The summed E-state index contributed by atoms with van der Waals surface area (Å²) < 4.78 is 5.79. The number of hydrogen-bond donors (Lipinski definition) is 2. The van der Waals surface area contributed by atoms with Gasteiger partial charge < -0.3 is 9.64 Å². The van der Waals surface area contributed by atoms with E-state index in [4.69, 9.17) is 4.74 Å². The van der Waals surface area contributed by atoms with Gasteiger partial charge in [0.1, 0.15) is 11.5 Å². The Morgan fingerprint density at radius 2 is 1.80 bits per heavy atom. The molecular formula is C20H24N3O2+. The second kappa shape index (κ2) is 8.99. The van der Waals surface area contributed by atoms with E-state index in [1.165, 1.54) is 24.2 Å². The standard InChI is InChI=1S/C20H23N3O2/c24-20(16-23-12-5-2-6-13-23)22-21-15-17-8-7-11-19(14-17)25-18-9-3-1-4-10-18/h1,3-4,7-11,14-15H,2,5-6,12-13,16H2,(H,22,24)/p+1. The van der Waals surface area contributed by atoms with E-state index in [-0.39, 0.29) is 5.91 Å². The maximum Gasteiger partial charge on any atom is 0.295 e. The highest BCUT2D eigenvalue weighted by Crippen LogP contribution is 2.21. The van der Waals surface area contributed by atoms with Gasteiger partial charge in [0.25, 0.3) is 5.91 Å². The van der Waals surface area contributed by atoms with Gasteiger partial charge in [-0.1, -0.05) is 30.3 Å². The Morgan fingerprint density at radius 1 is 1.04 bits per heavy atom. The molecule has 1 aliphatic rings. The van der Waals surface area contributed by atoms with E-state index in [0.717, 1.165) is 30.2 Å². The van der Waals surface area contributed by atoms with Crippen LogP contribution in [0.4, 0.5) is 0 Å². The lowest BCUT2D eigenvalue weighted by Gasteiger charge is -2.22. The summed E-state index contributed by atoms with van der Waals surface area (Å²) in [5.74, 6) is 1.48. The van der Waals surface area contributed by atoms with Gasteiger partial charge in [-0.25, -0.2) is 5.43 Å². The minimum absolute atomic E-state index is 0.0372. The lowest BCUT2D eigenvalue weighted by Crippen LogP contribution is -3.13. The van der Waals surface area contributed by atoms with Crippen LogP contribution >= 0.6 is 0 Å². The van der Waals surface area contributed by atoms with Crippen LogP contribution in [0.2, 0.25) is 0 Å². The van der Waals surface area contributed by atoms with Crippen molar-refractivity contribution in [1.29, 1.82) is 0 Å². The molecule has 0 aromatic heterocycles. The van der Waals surface area contributed by atoms with Crippen molar-refractivity contribution in [1.82, 2.24) is 5.43 Å². The minimum Gasteiger partial charge on any atom is -0.457 e. The van der Waals surface area contributed by atoms with Gasteiger partial charge in [0.15, 0.2) is 6.54 Å². The number of carbonyl (C=O) groups is 1. The molecule has 25 heavy (non-hydrogen) atoms. The molecule has 0 bridgehead atoms. The molecule has 5 nitrogen and oxygen atoms in total. The Kier molecular flexibility index (Phi) is 6.17. The topological polar surface area (TPSA) is 55.1 Å². The third-order valence-corrected chi connectivity index (χ3v) is 4.21. The largest absolute Gasteiger partial charge is 0.457 e. The number of hydrogen-bond acceptors (Lipinski definition) is 3. The molecule has 1 amide bonds. The van der Waals surface area contributed by atoms with Gasteiger partial charge in [0.05, 0.1) is 19.3 Å². The van der Waals surface area contributed by atoms with Crippen molar-refractivity contribution in [2.75, 3.05) is 19.6 Å². The number of piperidine rings is 1. The third-order valence-electron chi connectivity index (χ3n) is 4.21. The summed E-state index contributed by atoms with van der Waals surface area (Å²) in [5.41, 5.74) is 3.49. The first-order valence-electron chi connectivity index (χ1n) is 8.78. The highest BCUT2D eigenvalue weighted by atomic mass is 16.5. The molecule has 0 saturated carbocycles. The van der Waals surface area contributed by atoms with E-state index in [1.54, 1.807) is 6.21 Å². The van der Waals surface area contributed by atoms with Crippen LogP contribution in [0.15, 0.2) is 59.7 Å². The molecule has 3 rings (SSSR count). The smallest absolute Gasteiger partial charge is 0.295 e. The van der Waals surface area contributed by atoms with E-state index in [0.29, 0.717) is 6.54 Å². The molecule has 1 fully saturated rings. The molecule has 5 heteroatoms.